The maximum Gasteiger partial charge on any atom is 0.338 e. The standard InChI is InChI=1S/C28H30BrN3O5S/c1-5-36-27(34)23-17(4)30-28-32(24(23)19-8-6-18(7-9-19)16(2)3)25(33)22(38-28)15-20-14-21(29)26(37-20)31-10-12-35-13-11-31/h6-9,14-16,24H,5,10-13H2,1-4H3/b22-15+/t24-/m0/s1. The zero-order valence-electron chi connectivity index (χ0n) is 21.8. The van der Waals surface area contributed by atoms with Gasteiger partial charge in [0.15, 0.2) is 4.80 Å². The fraction of sp³-hybridized carbons (Fsp3) is 0.393. The predicted molar refractivity (Wildman–Crippen MR) is 150 cm³/mol. The Bertz CT molecular complexity index is 1560. The van der Waals surface area contributed by atoms with Gasteiger partial charge in [0.25, 0.3) is 5.56 Å². The third kappa shape index (κ3) is 5.04. The van der Waals surface area contributed by atoms with Crippen LogP contribution in [0.15, 0.2) is 60.3 Å². The number of carbonyl (C=O) groups excluding carboxylic acids is 1. The van der Waals surface area contributed by atoms with Gasteiger partial charge in [-0.25, -0.2) is 9.79 Å². The Morgan fingerprint density at radius 2 is 1.97 bits per heavy atom. The van der Waals surface area contributed by atoms with Crippen molar-refractivity contribution >= 4 is 45.2 Å². The van der Waals surface area contributed by atoms with Crippen LogP contribution < -0.4 is 19.8 Å². The first-order chi connectivity index (χ1) is 18.3. The Morgan fingerprint density at radius 3 is 2.63 bits per heavy atom. The van der Waals surface area contributed by atoms with Crippen molar-refractivity contribution in [2.45, 2.75) is 39.7 Å². The molecule has 2 aliphatic heterocycles. The number of allylic oxidation sites excluding steroid dienone is 1. The van der Waals surface area contributed by atoms with E-state index in [9.17, 15) is 9.59 Å². The first-order valence-corrected chi connectivity index (χ1v) is 14.3. The van der Waals surface area contributed by atoms with Gasteiger partial charge in [0.1, 0.15) is 5.76 Å². The third-order valence-electron chi connectivity index (χ3n) is 6.70. The Hall–Kier alpha value is -2.95. The molecule has 0 radical (unpaired) electrons. The van der Waals surface area contributed by atoms with E-state index in [0.717, 1.165) is 29.0 Å². The number of furan rings is 1. The molecule has 0 unspecified atom stereocenters. The highest BCUT2D eigenvalue weighted by Crippen LogP contribution is 2.33. The summed E-state index contributed by atoms with van der Waals surface area (Å²) in [5.74, 6) is 1.17. The highest BCUT2D eigenvalue weighted by Gasteiger charge is 2.33. The van der Waals surface area contributed by atoms with Gasteiger partial charge in [-0.15, -0.1) is 0 Å². The Balaban J connectivity index is 1.62. The number of esters is 1. The van der Waals surface area contributed by atoms with E-state index in [1.165, 1.54) is 16.9 Å². The molecule has 1 atom stereocenters. The summed E-state index contributed by atoms with van der Waals surface area (Å²) in [7, 11) is 0. The molecule has 38 heavy (non-hydrogen) atoms. The summed E-state index contributed by atoms with van der Waals surface area (Å²) in [6, 6.07) is 9.27. The topological polar surface area (TPSA) is 86.3 Å². The van der Waals surface area contributed by atoms with Gasteiger partial charge in [0, 0.05) is 25.2 Å². The maximum absolute atomic E-state index is 13.8. The van der Waals surface area contributed by atoms with E-state index in [1.807, 2.05) is 30.3 Å². The second kappa shape index (κ2) is 11.0. The van der Waals surface area contributed by atoms with E-state index in [2.05, 4.69) is 39.7 Å². The van der Waals surface area contributed by atoms with Crippen molar-refractivity contribution in [2.24, 2.45) is 4.99 Å². The molecule has 5 rings (SSSR count). The van der Waals surface area contributed by atoms with E-state index < -0.39 is 12.0 Å². The second-order valence-corrected chi connectivity index (χ2v) is 11.4. The number of anilines is 1. The van der Waals surface area contributed by atoms with Crippen LogP contribution in [-0.2, 0) is 14.3 Å². The summed E-state index contributed by atoms with van der Waals surface area (Å²) in [6.07, 6.45) is 1.74. The van der Waals surface area contributed by atoms with Crippen molar-refractivity contribution in [1.29, 1.82) is 0 Å². The third-order valence-corrected chi connectivity index (χ3v) is 8.25. The van der Waals surface area contributed by atoms with Crippen LogP contribution in [0.25, 0.3) is 6.08 Å². The number of thiazole rings is 1. The molecule has 0 bridgehead atoms. The number of rotatable bonds is 6. The summed E-state index contributed by atoms with van der Waals surface area (Å²) in [5, 5.41) is 0. The van der Waals surface area contributed by atoms with Crippen LogP contribution in [0.2, 0.25) is 0 Å². The molecule has 8 nitrogen and oxygen atoms in total. The average Bonchev–Trinajstić information content (AvgIpc) is 3.42. The van der Waals surface area contributed by atoms with E-state index in [1.54, 1.807) is 24.5 Å². The van der Waals surface area contributed by atoms with E-state index in [4.69, 9.17) is 13.9 Å². The van der Waals surface area contributed by atoms with Crippen molar-refractivity contribution in [2.75, 3.05) is 37.8 Å². The lowest BCUT2D eigenvalue weighted by molar-refractivity contribution is -0.139. The minimum atomic E-state index is -0.638. The van der Waals surface area contributed by atoms with Gasteiger partial charge in [-0.2, -0.15) is 0 Å². The van der Waals surface area contributed by atoms with Crippen molar-refractivity contribution in [1.82, 2.24) is 4.57 Å². The summed E-state index contributed by atoms with van der Waals surface area (Å²) in [4.78, 5) is 34.2. The van der Waals surface area contributed by atoms with Crippen LogP contribution in [0.1, 0.15) is 56.5 Å². The first kappa shape index (κ1) is 26.6. The van der Waals surface area contributed by atoms with Gasteiger partial charge in [-0.3, -0.25) is 9.36 Å². The molecule has 0 N–H and O–H groups in total. The molecule has 4 heterocycles. The van der Waals surface area contributed by atoms with Gasteiger partial charge < -0.3 is 18.8 Å². The lowest BCUT2D eigenvalue weighted by atomic mass is 9.93. The molecule has 2 aromatic heterocycles. The summed E-state index contributed by atoms with van der Waals surface area (Å²) in [6.45, 7) is 10.8. The lowest BCUT2D eigenvalue weighted by Crippen LogP contribution is -2.39. The predicted octanol–water partition coefficient (Wildman–Crippen LogP) is 4.11. The number of aromatic nitrogens is 1. The fourth-order valence-electron chi connectivity index (χ4n) is 4.73. The number of ether oxygens (including phenoxy) is 2. The molecule has 1 saturated heterocycles. The minimum absolute atomic E-state index is 0.234. The Labute approximate surface area is 233 Å². The monoisotopic (exact) mass is 599 g/mol. The Morgan fingerprint density at radius 1 is 1.26 bits per heavy atom. The van der Waals surface area contributed by atoms with Crippen LogP contribution in [0.4, 0.5) is 5.88 Å². The van der Waals surface area contributed by atoms with Crippen LogP contribution in [-0.4, -0.2) is 43.4 Å². The number of benzene rings is 1. The summed E-state index contributed by atoms with van der Waals surface area (Å²) < 4.78 is 19.8. The number of hydrogen-bond donors (Lipinski definition) is 0. The van der Waals surface area contributed by atoms with Gasteiger partial charge >= 0.3 is 5.97 Å². The van der Waals surface area contributed by atoms with Gasteiger partial charge in [0.05, 0.1) is 46.1 Å². The van der Waals surface area contributed by atoms with Crippen LogP contribution in [0.5, 0.6) is 0 Å². The number of nitrogens with zero attached hydrogens (tertiary/aromatic N) is 3. The molecular weight excluding hydrogens is 570 g/mol. The normalized spacial score (nSPS) is 18.1. The van der Waals surface area contributed by atoms with E-state index >= 15 is 0 Å². The van der Waals surface area contributed by atoms with E-state index in [-0.39, 0.29) is 12.2 Å². The van der Waals surface area contributed by atoms with E-state index in [0.29, 0.717) is 45.5 Å². The Kier molecular flexibility index (Phi) is 7.74. The molecule has 0 aliphatic carbocycles. The lowest BCUT2D eigenvalue weighted by Gasteiger charge is -2.26. The SMILES string of the molecule is CCOC(=O)C1=C(C)N=c2s/c(=C/c3cc(Br)c(N4CCOCC4)o3)c(=O)n2[C@H]1c1ccc(C(C)C)cc1. The largest absolute Gasteiger partial charge is 0.463 e. The minimum Gasteiger partial charge on any atom is -0.463 e. The van der Waals surface area contributed by atoms with Crippen molar-refractivity contribution < 1.29 is 18.7 Å². The van der Waals surface area contributed by atoms with Gasteiger partial charge in [0.2, 0.25) is 5.88 Å². The van der Waals surface area contributed by atoms with Crippen molar-refractivity contribution in [3.63, 3.8) is 0 Å². The second-order valence-electron chi connectivity index (χ2n) is 9.52. The number of halogens is 1. The smallest absolute Gasteiger partial charge is 0.338 e. The van der Waals surface area contributed by atoms with Crippen LogP contribution in [0.3, 0.4) is 0 Å². The molecule has 200 valence electrons. The van der Waals surface area contributed by atoms with Crippen LogP contribution >= 0.6 is 27.3 Å². The molecule has 10 heteroatoms. The highest BCUT2D eigenvalue weighted by molar-refractivity contribution is 9.10. The highest BCUT2D eigenvalue weighted by atomic mass is 79.9. The number of fused-ring (bicyclic) bond motifs is 1. The number of morpholine rings is 1. The molecule has 0 spiro atoms. The van der Waals surface area contributed by atoms with Crippen molar-refractivity contribution in [3.05, 3.63) is 82.6 Å². The molecular formula is C28H30BrN3O5S. The summed E-state index contributed by atoms with van der Waals surface area (Å²) in [5.41, 5.74) is 2.69. The molecule has 3 aromatic rings. The molecule has 0 saturated carbocycles. The van der Waals surface area contributed by atoms with Gasteiger partial charge in [-0.05, 0) is 46.8 Å². The van der Waals surface area contributed by atoms with Crippen LogP contribution in [0, 0.1) is 0 Å². The zero-order chi connectivity index (χ0) is 27.0. The first-order valence-electron chi connectivity index (χ1n) is 12.7. The number of hydrogen-bond acceptors (Lipinski definition) is 8. The fourth-order valence-corrected chi connectivity index (χ4v) is 6.31. The summed E-state index contributed by atoms with van der Waals surface area (Å²) >= 11 is 4.87. The zero-order valence-corrected chi connectivity index (χ0v) is 24.2. The molecule has 2 aliphatic rings. The van der Waals surface area contributed by atoms with Crippen molar-refractivity contribution in [3.8, 4) is 0 Å². The molecule has 1 fully saturated rings. The number of carbonyl (C=O) groups is 1. The average molecular weight is 601 g/mol. The van der Waals surface area contributed by atoms with Gasteiger partial charge in [-0.1, -0.05) is 49.4 Å². The molecule has 0 amide bonds. The maximum atomic E-state index is 13.8. The quantitative estimate of drug-likeness (QED) is 0.396. The molecule has 1 aromatic carbocycles.